The lowest BCUT2D eigenvalue weighted by Gasteiger charge is -2.53. The van der Waals surface area contributed by atoms with E-state index in [1.165, 1.54) is 12.6 Å². The second-order valence-corrected chi connectivity index (χ2v) is 9.61. The number of nitrogens with zero attached hydrogens (tertiary/aromatic N) is 1. The zero-order valence-corrected chi connectivity index (χ0v) is 17.5. The highest BCUT2D eigenvalue weighted by atomic mass is 16.5. The molecular formula is C22H32N4O3. The number of carbonyl (C=O) groups is 2. The fourth-order valence-corrected chi connectivity index (χ4v) is 6.37. The molecule has 4 N–H and O–H groups in total. The second-order valence-electron chi connectivity index (χ2n) is 9.61. The number of nitrogens with two attached hydrogens (primary N) is 1. The van der Waals surface area contributed by atoms with Crippen LogP contribution in [0.2, 0.25) is 0 Å². The summed E-state index contributed by atoms with van der Waals surface area (Å²) in [5.74, 6) is 1.34. The number of hydrogen-bond acceptors (Lipinski definition) is 5. The Hall–Kier alpha value is -2.15. The summed E-state index contributed by atoms with van der Waals surface area (Å²) in [7, 11) is 0. The molecule has 1 aromatic heterocycles. The van der Waals surface area contributed by atoms with Crippen LogP contribution in [0.15, 0.2) is 18.3 Å². The molecular weight excluding hydrogens is 368 g/mol. The number of anilines is 1. The van der Waals surface area contributed by atoms with Gasteiger partial charge in [0.1, 0.15) is 5.82 Å². The van der Waals surface area contributed by atoms with Gasteiger partial charge in [0, 0.05) is 32.3 Å². The number of fused-ring (bicyclic) bond motifs is 1. The third-order valence-corrected chi connectivity index (χ3v) is 7.73. The van der Waals surface area contributed by atoms with Crippen molar-refractivity contribution in [1.29, 1.82) is 0 Å². The highest BCUT2D eigenvalue weighted by molar-refractivity contribution is 5.93. The molecule has 0 aromatic carbocycles. The summed E-state index contributed by atoms with van der Waals surface area (Å²) < 4.78 is 6.17. The van der Waals surface area contributed by atoms with E-state index in [9.17, 15) is 9.59 Å². The molecule has 4 rings (SSSR count). The molecule has 2 aliphatic carbocycles. The first-order chi connectivity index (χ1) is 13.7. The van der Waals surface area contributed by atoms with E-state index in [0.717, 1.165) is 25.9 Å². The normalized spacial score (nSPS) is 34.4. The van der Waals surface area contributed by atoms with Gasteiger partial charge >= 0.3 is 0 Å². The van der Waals surface area contributed by atoms with Gasteiger partial charge in [-0.25, -0.2) is 4.98 Å². The Kier molecular flexibility index (Phi) is 5.05. The van der Waals surface area contributed by atoms with Crippen LogP contribution in [0.1, 0.15) is 56.8 Å². The number of pyridine rings is 1. The summed E-state index contributed by atoms with van der Waals surface area (Å²) in [6.45, 7) is 7.49. The van der Waals surface area contributed by atoms with Crippen LogP contribution >= 0.6 is 0 Å². The molecule has 29 heavy (non-hydrogen) atoms. The van der Waals surface area contributed by atoms with Crippen LogP contribution < -0.4 is 16.4 Å². The SMILES string of the molecule is CC(=O)N[C@H]1C(C)(C)[C@@H]2C[C@@H]3[C@@H](CCNC(=O)c4ccc(N)nc4)OCCC31C2. The van der Waals surface area contributed by atoms with Gasteiger partial charge in [-0.3, -0.25) is 9.59 Å². The van der Waals surface area contributed by atoms with Gasteiger partial charge in [-0.15, -0.1) is 0 Å². The molecule has 5 atom stereocenters. The van der Waals surface area contributed by atoms with E-state index in [4.69, 9.17) is 10.5 Å². The predicted molar refractivity (Wildman–Crippen MR) is 110 cm³/mol. The molecule has 2 saturated carbocycles. The molecule has 1 spiro atoms. The Bertz CT molecular complexity index is 794. The third-order valence-electron chi connectivity index (χ3n) is 7.73. The Labute approximate surface area is 172 Å². The molecule has 1 unspecified atom stereocenters. The van der Waals surface area contributed by atoms with Crippen LogP contribution in [-0.4, -0.2) is 42.1 Å². The molecule has 1 saturated heterocycles. The van der Waals surface area contributed by atoms with Gasteiger partial charge in [0.15, 0.2) is 0 Å². The molecule has 3 fully saturated rings. The van der Waals surface area contributed by atoms with Crippen molar-refractivity contribution >= 4 is 17.6 Å². The Balaban J connectivity index is 1.41. The van der Waals surface area contributed by atoms with Crippen LogP contribution in [0.25, 0.3) is 0 Å². The summed E-state index contributed by atoms with van der Waals surface area (Å²) in [5, 5.41) is 6.27. The Morgan fingerprint density at radius 3 is 2.83 bits per heavy atom. The lowest BCUT2D eigenvalue weighted by Crippen LogP contribution is -2.60. The fourth-order valence-electron chi connectivity index (χ4n) is 6.37. The van der Waals surface area contributed by atoms with Crippen LogP contribution in [0.4, 0.5) is 5.82 Å². The van der Waals surface area contributed by atoms with E-state index in [1.54, 1.807) is 19.1 Å². The standard InChI is InChI=1S/C22H32N4O3/c1-13(27)26-20-21(2,3)15-10-16-17(29-9-7-22(16,20)11-15)6-8-24-19(28)14-4-5-18(23)25-12-14/h4-5,12,15-17,20H,6-11H2,1-3H3,(H2,23,25)(H,24,28)(H,26,27)/t15-,16-,17-,20+,22?/m1/s1. The number of nitrogens with one attached hydrogen (secondary N) is 2. The van der Waals surface area contributed by atoms with Gasteiger partial charge in [-0.2, -0.15) is 0 Å². The molecule has 2 amide bonds. The average Bonchev–Trinajstić information content (AvgIpc) is 3.15. The molecule has 7 heteroatoms. The molecule has 7 nitrogen and oxygen atoms in total. The first-order valence-corrected chi connectivity index (χ1v) is 10.6. The topological polar surface area (TPSA) is 106 Å². The molecule has 1 aliphatic heterocycles. The van der Waals surface area contributed by atoms with E-state index in [2.05, 4.69) is 29.5 Å². The quantitative estimate of drug-likeness (QED) is 0.702. The smallest absolute Gasteiger partial charge is 0.252 e. The van der Waals surface area contributed by atoms with Gasteiger partial charge in [-0.05, 0) is 60.5 Å². The minimum absolute atomic E-state index is 0.0520. The monoisotopic (exact) mass is 400 g/mol. The third kappa shape index (κ3) is 3.39. The van der Waals surface area contributed by atoms with Crippen molar-refractivity contribution < 1.29 is 14.3 Å². The van der Waals surface area contributed by atoms with Crippen molar-refractivity contribution in [2.24, 2.45) is 22.7 Å². The maximum Gasteiger partial charge on any atom is 0.252 e. The first kappa shape index (κ1) is 20.1. The summed E-state index contributed by atoms with van der Waals surface area (Å²) in [6.07, 6.45) is 5.70. The number of hydrogen-bond donors (Lipinski definition) is 3. The number of rotatable bonds is 5. The first-order valence-electron chi connectivity index (χ1n) is 10.6. The lowest BCUT2D eigenvalue weighted by molar-refractivity contribution is -0.135. The maximum absolute atomic E-state index is 12.3. The summed E-state index contributed by atoms with van der Waals surface area (Å²) in [5.41, 5.74) is 6.32. The Morgan fingerprint density at radius 1 is 1.34 bits per heavy atom. The summed E-state index contributed by atoms with van der Waals surface area (Å²) >= 11 is 0. The number of ether oxygens (including phenoxy) is 1. The van der Waals surface area contributed by atoms with Crippen molar-refractivity contribution in [3.63, 3.8) is 0 Å². The second kappa shape index (κ2) is 7.27. The van der Waals surface area contributed by atoms with E-state index >= 15 is 0 Å². The highest BCUT2D eigenvalue weighted by Gasteiger charge is 2.68. The van der Waals surface area contributed by atoms with Gasteiger partial charge in [0.25, 0.3) is 5.91 Å². The minimum atomic E-state index is -0.145. The van der Waals surface area contributed by atoms with Crippen molar-refractivity contribution in [3.8, 4) is 0 Å². The summed E-state index contributed by atoms with van der Waals surface area (Å²) in [6, 6.07) is 3.50. The zero-order chi connectivity index (χ0) is 20.8. The van der Waals surface area contributed by atoms with Gasteiger partial charge in [-0.1, -0.05) is 13.8 Å². The van der Waals surface area contributed by atoms with E-state index in [-0.39, 0.29) is 34.8 Å². The molecule has 158 valence electrons. The fraction of sp³-hybridized carbons (Fsp3) is 0.682. The minimum Gasteiger partial charge on any atom is -0.384 e. The summed E-state index contributed by atoms with van der Waals surface area (Å²) in [4.78, 5) is 28.2. The van der Waals surface area contributed by atoms with E-state index < -0.39 is 0 Å². The average molecular weight is 401 g/mol. The number of aromatic nitrogens is 1. The Morgan fingerprint density at radius 2 is 2.14 bits per heavy atom. The lowest BCUT2D eigenvalue weighted by atomic mass is 9.59. The number of nitrogen functional groups attached to an aromatic ring is 1. The zero-order valence-electron chi connectivity index (χ0n) is 17.5. The van der Waals surface area contributed by atoms with Gasteiger partial charge in [0.05, 0.1) is 11.7 Å². The number of carbonyl (C=O) groups excluding carboxylic acids is 2. The van der Waals surface area contributed by atoms with Crippen LogP contribution in [0.5, 0.6) is 0 Å². The van der Waals surface area contributed by atoms with Gasteiger partial charge in [0.2, 0.25) is 5.91 Å². The highest BCUT2D eigenvalue weighted by Crippen LogP contribution is 2.68. The largest absolute Gasteiger partial charge is 0.384 e. The van der Waals surface area contributed by atoms with Crippen molar-refractivity contribution in [2.75, 3.05) is 18.9 Å². The molecule has 3 aliphatic rings. The van der Waals surface area contributed by atoms with Crippen molar-refractivity contribution in [2.45, 2.75) is 58.6 Å². The van der Waals surface area contributed by atoms with Crippen LogP contribution in [0, 0.1) is 22.7 Å². The molecule has 0 radical (unpaired) electrons. The van der Waals surface area contributed by atoms with E-state index in [0.29, 0.717) is 29.8 Å². The van der Waals surface area contributed by atoms with Crippen LogP contribution in [-0.2, 0) is 9.53 Å². The molecule has 2 bridgehead atoms. The van der Waals surface area contributed by atoms with Crippen molar-refractivity contribution in [3.05, 3.63) is 23.9 Å². The molecule has 2 heterocycles. The van der Waals surface area contributed by atoms with Crippen LogP contribution in [0.3, 0.4) is 0 Å². The predicted octanol–water partition coefficient (Wildman–Crippen LogP) is 2.13. The van der Waals surface area contributed by atoms with Gasteiger partial charge < -0.3 is 21.1 Å². The number of amides is 2. The maximum atomic E-state index is 12.3. The van der Waals surface area contributed by atoms with Crippen molar-refractivity contribution in [1.82, 2.24) is 15.6 Å². The van der Waals surface area contributed by atoms with E-state index in [1.807, 2.05) is 0 Å². The molecule has 1 aromatic rings.